The van der Waals surface area contributed by atoms with Crippen molar-refractivity contribution < 1.29 is 9.90 Å². The Morgan fingerprint density at radius 1 is 1.73 bits per heavy atom. The van der Waals surface area contributed by atoms with Crippen LogP contribution in [0, 0.1) is 0 Å². The fourth-order valence-corrected chi connectivity index (χ4v) is 0.800. The van der Waals surface area contributed by atoms with Gasteiger partial charge >= 0.3 is 5.97 Å². The summed E-state index contributed by atoms with van der Waals surface area (Å²) >= 11 is 5.52. The summed E-state index contributed by atoms with van der Waals surface area (Å²) in [6.07, 6.45) is 1.30. The topological polar surface area (TPSA) is 76.2 Å². The second kappa shape index (κ2) is 2.75. The van der Waals surface area contributed by atoms with Gasteiger partial charge in [-0.25, -0.2) is 9.78 Å². The Morgan fingerprint density at radius 2 is 2.36 bits per heavy atom. The van der Waals surface area contributed by atoms with Crippen LogP contribution in [-0.2, 0) is 0 Å². The second-order valence-corrected chi connectivity index (χ2v) is 2.25. The van der Waals surface area contributed by atoms with Crippen LogP contribution in [0.1, 0.15) is 10.5 Å². The van der Waals surface area contributed by atoms with E-state index >= 15 is 0 Å². The summed E-state index contributed by atoms with van der Waals surface area (Å²) in [5.41, 5.74) is 5.33. The van der Waals surface area contributed by atoms with Gasteiger partial charge in [-0.05, 0) is 6.07 Å². The summed E-state index contributed by atoms with van der Waals surface area (Å²) in [6.45, 7) is 0. The zero-order chi connectivity index (χ0) is 8.43. The molecule has 0 saturated heterocycles. The number of carbonyl (C=O) groups is 1. The van der Waals surface area contributed by atoms with Crippen LogP contribution in [0.25, 0.3) is 0 Å². The highest BCUT2D eigenvalue weighted by molar-refractivity contribution is 6.35. The number of anilines is 1. The van der Waals surface area contributed by atoms with Crippen LogP contribution in [0.3, 0.4) is 0 Å². The van der Waals surface area contributed by atoms with Gasteiger partial charge in [-0.15, -0.1) is 0 Å². The number of hydrogen-bond donors (Lipinski definition) is 2. The quantitative estimate of drug-likeness (QED) is 0.663. The predicted molar refractivity (Wildman–Crippen MR) is 40.6 cm³/mol. The molecular formula is C6H5ClN2O2. The maximum atomic E-state index is 10.4. The number of aromatic nitrogens is 1. The monoisotopic (exact) mass is 172 g/mol. The molecule has 0 bridgehead atoms. The minimum atomic E-state index is -1.18. The van der Waals surface area contributed by atoms with Crippen LogP contribution in [0.15, 0.2) is 12.3 Å². The lowest BCUT2D eigenvalue weighted by molar-refractivity contribution is 0.0691. The SMILES string of the molecule is Nc1ccnc(C(=O)O)c1Cl. The number of carboxylic acid groups (broad SMARTS) is 1. The molecule has 1 heterocycles. The predicted octanol–water partition coefficient (Wildman–Crippen LogP) is 1.02. The van der Waals surface area contributed by atoms with E-state index in [1.165, 1.54) is 12.3 Å². The molecule has 11 heavy (non-hydrogen) atoms. The van der Waals surface area contributed by atoms with Crippen molar-refractivity contribution in [3.8, 4) is 0 Å². The van der Waals surface area contributed by atoms with Crippen LogP contribution in [-0.4, -0.2) is 16.1 Å². The third kappa shape index (κ3) is 1.40. The normalized spacial score (nSPS) is 9.55. The first-order chi connectivity index (χ1) is 5.13. The highest BCUT2D eigenvalue weighted by Crippen LogP contribution is 2.20. The zero-order valence-electron chi connectivity index (χ0n) is 5.41. The van der Waals surface area contributed by atoms with E-state index in [0.29, 0.717) is 0 Å². The number of nitrogens with two attached hydrogens (primary N) is 1. The van der Waals surface area contributed by atoms with Crippen LogP contribution < -0.4 is 5.73 Å². The number of pyridine rings is 1. The van der Waals surface area contributed by atoms with Crippen molar-refractivity contribution >= 4 is 23.3 Å². The van der Waals surface area contributed by atoms with Crippen molar-refractivity contribution in [2.45, 2.75) is 0 Å². The average molecular weight is 173 g/mol. The molecule has 3 N–H and O–H groups in total. The average Bonchev–Trinajstić information content (AvgIpc) is 1.94. The minimum Gasteiger partial charge on any atom is -0.476 e. The number of carboxylic acids is 1. The van der Waals surface area contributed by atoms with E-state index in [2.05, 4.69) is 4.98 Å². The Hall–Kier alpha value is -1.29. The van der Waals surface area contributed by atoms with Crippen LogP contribution in [0.2, 0.25) is 5.02 Å². The first-order valence-corrected chi connectivity index (χ1v) is 3.14. The van der Waals surface area contributed by atoms with Gasteiger partial charge in [-0.3, -0.25) is 0 Å². The lowest BCUT2D eigenvalue weighted by atomic mass is 10.3. The smallest absolute Gasteiger partial charge is 0.356 e. The van der Waals surface area contributed by atoms with E-state index in [9.17, 15) is 4.79 Å². The van der Waals surface area contributed by atoms with Gasteiger partial charge in [0.05, 0.1) is 10.7 Å². The summed E-state index contributed by atoms with van der Waals surface area (Å²) in [4.78, 5) is 13.9. The van der Waals surface area contributed by atoms with E-state index in [-0.39, 0.29) is 16.4 Å². The van der Waals surface area contributed by atoms with Crippen molar-refractivity contribution in [2.24, 2.45) is 0 Å². The highest BCUT2D eigenvalue weighted by atomic mass is 35.5. The van der Waals surface area contributed by atoms with Gasteiger partial charge in [0.15, 0.2) is 5.69 Å². The molecule has 1 rings (SSSR count). The van der Waals surface area contributed by atoms with E-state index in [1.54, 1.807) is 0 Å². The third-order valence-electron chi connectivity index (χ3n) is 1.12. The molecule has 1 aromatic heterocycles. The Morgan fingerprint density at radius 3 is 2.82 bits per heavy atom. The zero-order valence-corrected chi connectivity index (χ0v) is 6.17. The van der Waals surface area contributed by atoms with Gasteiger partial charge in [0.25, 0.3) is 0 Å². The maximum Gasteiger partial charge on any atom is 0.356 e. The van der Waals surface area contributed by atoms with Crippen molar-refractivity contribution in [3.63, 3.8) is 0 Å². The number of halogens is 1. The fraction of sp³-hybridized carbons (Fsp3) is 0. The molecule has 58 valence electrons. The van der Waals surface area contributed by atoms with Gasteiger partial charge in [0, 0.05) is 6.20 Å². The van der Waals surface area contributed by atoms with Gasteiger partial charge in [0.1, 0.15) is 0 Å². The summed E-state index contributed by atoms with van der Waals surface area (Å²) in [5, 5.41) is 8.47. The summed E-state index contributed by atoms with van der Waals surface area (Å²) in [6, 6.07) is 1.44. The van der Waals surface area contributed by atoms with Crippen LogP contribution in [0.5, 0.6) is 0 Å². The number of nitrogens with zero attached hydrogens (tertiary/aromatic N) is 1. The lowest BCUT2D eigenvalue weighted by Crippen LogP contribution is -2.02. The molecule has 0 radical (unpaired) electrons. The number of nitrogen functional groups attached to an aromatic ring is 1. The van der Waals surface area contributed by atoms with E-state index < -0.39 is 5.97 Å². The summed E-state index contributed by atoms with van der Waals surface area (Å²) in [5.74, 6) is -1.18. The van der Waals surface area contributed by atoms with Crippen molar-refractivity contribution in [1.29, 1.82) is 0 Å². The number of hydrogen-bond acceptors (Lipinski definition) is 3. The molecule has 4 nitrogen and oxygen atoms in total. The summed E-state index contributed by atoms with van der Waals surface area (Å²) < 4.78 is 0. The van der Waals surface area contributed by atoms with E-state index in [4.69, 9.17) is 22.4 Å². The van der Waals surface area contributed by atoms with Gasteiger partial charge < -0.3 is 10.8 Å². The first kappa shape index (κ1) is 7.81. The molecular weight excluding hydrogens is 168 g/mol. The molecule has 1 aromatic rings. The Kier molecular flexibility index (Phi) is 1.96. The van der Waals surface area contributed by atoms with Crippen molar-refractivity contribution in [3.05, 3.63) is 23.0 Å². The highest BCUT2D eigenvalue weighted by Gasteiger charge is 2.11. The van der Waals surface area contributed by atoms with Gasteiger partial charge in [-0.1, -0.05) is 11.6 Å². The van der Waals surface area contributed by atoms with Crippen molar-refractivity contribution in [1.82, 2.24) is 4.98 Å². The minimum absolute atomic E-state index is 0.0139. The van der Waals surface area contributed by atoms with Crippen LogP contribution >= 0.6 is 11.6 Å². The molecule has 0 aliphatic rings. The molecule has 0 aromatic carbocycles. The Bertz CT molecular complexity index is 301. The molecule has 0 fully saturated rings. The molecule has 5 heteroatoms. The van der Waals surface area contributed by atoms with E-state index in [0.717, 1.165) is 0 Å². The lowest BCUT2D eigenvalue weighted by Gasteiger charge is -1.98. The molecule has 0 amide bonds. The first-order valence-electron chi connectivity index (χ1n) is 2.76. The molecule has 0 unspecified atom stereocenters. The fourth-order valence-electron chi connectivity index (χ4n) is 0.608. The van der Waals surface area contributed by atoms with Crippen LogP contribution in [0.4, 0.5) is 5.69 Å². The standard InChI is InChI=1S/C6H5ClN2O2/c7-4-3(8)1-2-9-5(4)6(10)11/h1-2H,(H2,8,9)(H,10,11). The Labute approximate surface area is 67.6 Å². The Balaban J connectivity index is 3.27. The largest absolute Gasteiger partial charge is 0.476 e. The molecule has 0 aliphatic heterocycles. The number of rotatable bonds is 1. The number of aromatic carboxylic acids is 1. The molecule has 0 atom stereocenters. The summed E-state index contributed by atoms with van der Waals surface area (Å²) in [7, 11) is 0. The second-order valence-electron chi connectivity index (χ2n) is 1.87. The van der Waals surface area contributed by atoms with E-state index in [1.807, 2.05) is 0 Å². The molecule has 0 aliphatic carbocycles. The molecule has 0 spiro atoms. The van der Waals surface area contributed by atoms with Gasteiger partial charge in [-0.2, -0.15) is 0 Å². The molecule has 0 saturated carbocycles. The van der Waals surface area contributed by atoms with Crippen molar-refractivity contribution in [2.75, 3.05) is 5.73 Å². The maximum absolute atomic E-state index is 10.4. The third-order valence-corrected chi connectivity index (χ3v) is 1.52. The van der Waals surface area contributed by atoms with Gasteiger partial charge in [0.2, 0.25) is 0 Å².